The van der Waals surface area contributed by atoms with Crippen molar-refractivity contribution < 1.29 is 22.3 Å². The van der Waals surface area contributed by atoms with E-state index in [9.17, 15) is 27.2 Å². The standard InChI is InChI=1S/C17H8F4O3/c18-11-5-1-9(2-6-11)13-14(16(23)15(13)22)10-3-7-12(8-4-10)24-17(19,20)21/h1-8H. The van der Waals surface area contributed by atoms with Crippen molar-refractivity contribution in [2.45, 2.75) is 6.36 Å². The van der Waals surface area contributed by atoms with E-state index >= 15 is 0 Å². The fourth-order valence-corrected chi connectivity index (χ4v) is 2.38. The molecule has 0 aliphatic rings. The molecule has 0 fully saturated rings. The van der Waals surface area contributed by atoms with Gasteiger partial charge in [-0.3, -0.25) is 9.59 Å². The van der Waals surface area contributed by atoms with Gasteiger partial charge in [-0.1, -0.05) is 24.3 Å². The lowest BCUT2D eigenvalue weighted by Crippen LogP contribution is -2.34. The molecule has 0 bridgehead atoms. The number of hydrogen-bond donors (Lipinski definition) is 0. The molecule has 0 amide bonds. The summed E-state index contributed by atoms with van der Waals surface area (Å²) in [6.07, 6.45) is -4.82. The van der Waals surface area contributed by atoms with Crippen molar-refractivity contribution in [3.63, 3.8) is 0 Å². The van der Waals surface area contributed by atoms with Crippen molar-refractivity contribution in [2.24, 2.45) is 0 Å². The second-order valence-electron chi connectivity index (χ2n) is 4.99. The van der Waals surface area contributed by atoms with Crippen LogP contribution in [0.2, 0.25) is 0 Å². The van der Waals surface area contributed by atoms with Gasteiger partial charge in [0.15, 0.2) is 0 Å². The van der Waals surface area contributed by atoms with Gasteiger partial charge in [-0.25, -0.2) is 4.39 Å². The SMILES string of the molecule is O=c1c(-c2ccc(F)cc2)c(-c2ccc(OC(F)(F)F)cc2)c1=O. The molecular weight excluding hydrogens is 328 g/mol. The van der Waals surface area contributed by atoms with Gasteiger partial charge >= 0.3 is 6.36 Å². The number of ether oxygens (including phenoxy) is 1. The first kappa shape index (κ1) is 15.9. The summed E-state index contributed by atoms with van der Waals surface area (Å²) in [5, 5.41) is 0. The van der Waals surface area contributed by atoms with Crippen LogP contribution < -0.4 is 15.6 Å². The number of benzene rings is 2. The maximum atomic E-state index is 13.0. The summed E-state index contributed by atoms with van der Waals surface area (Å²) >= 11 is 0. The Balaban J connectivity index is 1.99. The Bertz CT molecular complexity index is 948. The summed E-state index contributed by atoms with van der Waals surface area (Å²) < 4.78 is 53.2. The lowest BCUT2D eigenvalue weighted by atomic mass is 9.89. The van der Waals surface area contributed by atoms with Crippen molar-refractivity contribution >= 4 is 0 Å². The topological polar surface area (TPSA) is 43.4 Å². The summed E-state index contributed by atoms with van der Waals surface area (Å²) in [7, 11) is 0. The van der Waals surface area contributed by atoms with Gasteiger partial charge < -0.3 is 4.74 Å². The highest BCUT2D eigenvalue weighted by molar-refractivity contribution is 5.87. The maximum absolute atomic E-state index is 13.0. The van der Waals surface area contributed by atoms with E-state index in [1.807, 2.05) is 0 Å². The summed E-state index contributed by atoms with van der Waals surface area (Å²) in [5.41, 5.74) is -0.597. The Morgan fingerprint density at radius 1 is 0.708 bits per heavy atom. The lowest BCUT2D eigenvalue weighted by Gasteiger charge is -2.13. The van der Waals surface area contributed by atoms with Crippen LogP contribution >= 0.6 is 0 Å². The largest absolute Gasteiger partial charge is 0.573 e. The number of rotatable bonds is 3. The Morgan fingerprint density at radius 2 is 1.12 bits per heavy atom. The number of hydrogen-bond acceptors (Lipinski definition) is 3. The molecule has 0 N–H and O–H groups in total. The maximum Gasteiger partial charge on any atom is 0.573 e. The summed E-state index contributed by atoms with van der Waals surface area (Å²) in [5.74, 6) is -0.930. The van der Waals surface area contributed by atoms with Crippen LogP contribution in [0.4, 0.5) is 17.6 Å². The second-order valence-corrected chi connectivity index (χ2v) is 4.99. The number of halogens is 4. The third-order valence-electron chi connectivity index (χ3n) is 3.42. The highest BCUT2D eigenvalue weighted by atomic mass is 19.4. The summed E-state index contributed by atoms with van der Waals surface area (Å²) in [6, 6.07) is 9.62. The van der Waals surface area contributed by atoms with Crippen LogP contribution in [-0.2, 0) is 0 Å². The van der Waals surface area contributed by atoms with Crippen LogP contribution in [-0.4, -0.2) is 6.36 Å². The molecule has 0 spiro atoms. The average molecular weight is 336 g/mol. The van der Waals surface area contributed by atoms with E-state index in [2.05, 4.69) is 4.74 Å². The molecule has 24 heavy (non-hydrogen) atoms. The molecular formula is C17H8F4O3. The fraction of sp³-hybridized carbons (Fsp3) is 0.0588. The quantitative estimate of drug-likeness (QED) is 0.542. The van der Waals surface area contributed by atoms with Crippen molar-refractivity contribution in [3.05, 3.63) is 74.8 Å². The minimum Gasteiger partial charge on any atom is -0.406 e. The first-order chi connectivity index (χ1) is 11.3. The molecule has 7 heteroatoms. The van der Waals surface area contributed by atoms with Gasteiger partial charge in [0.1, 0.15) is 11.6 Å². The van der Waals surface area contributed by atoms with Crippen LogP contribution in [0.3, 0.4) is 0 Å². The minimum absolute atomic E-state index is 0.0881. The Morgan fingerprint density at radius 3 is 1.54 bits per heavy atom. The Kier molecular flexibility index (Phi) is 3.71. The van der Waals surface area contributed by atoms with Gasteiger partial charge in [-0.05, 0) is 35.4 Å². The first-order valence-corrected chi connectivity index (χ1v) is 6.72. The van der Waals surface area contributed by atoms with E-state index in [0.29, 0.717) is 5.56 Å². The normalized spacial score (nSPS) is 11.7. The molecule has 0 atom stereocenters. The molecule has 0 aromatic heterocycles. The molecule has 122 valence electrons. The van der Waals surface area contributed by atoms with Crippen molar-refractivity contribution in [1.29, 1.82) is 0 Å². The molecule has 0 saturated heterocycles. The minimum atomic E-state index is -4.82. The van der Waals surface area contributed by atoms with Gasteiger partial charge in [0.2, 0.25) is 10.9 Å². The zero-order chi connectivity index (χ0) is 17.5. The third kappa shape index (κ3) is 2.92. The van der Waals surface area contributed by atoms with E-state index in [1.54, 1.807) is 0 Å². The zero-order valence-electron chi connectivity index (χ0n) is 11.9. The van der Waals surface area contributed by atoms with Gasteiger partial charge in [0.05, 0.1) is 0 Å². The van der Waals surface area contributed by atoms with Gasteiger partial charge in [0, 0.05) is 11.1 Å². The molecule has 0 saturated carbocycles. The Hall–Kier alpha value is -2.96. The highest BCUT2D eigenvalue weighted by Gasteiger charge is 2.31. The average Bonchev–Trinajstić information content (AvgIpc) is 2.52. The Labute approximate surface area is 132 Å². The molecule has 3 aromatic carbocycles. The van der Waals surface area contributed by atoms with E-state index < -0.39 is 28.8 Å². The highest BCUT2D eigenvalue weighted by Crippen LogP contribution is 2.30. The smallest absolute Gasteiger partial charge is 0.406 e. The molecule has 0 aliphatic carbocycles. The predicted molar refractivity (Wildman–Crippen MR) is 78.9 cm³/mol. The van der Waals surface area contributed by atoms with E-state index in [1.165, 1.54) is 24.3 Å². The van der Waals surface area contributed by atoms with E-state index in [0.717, 1.165) is 24.3 Å². The van der Waals surface area contributed by atoms with Crippen LogP contribution in [0.15, 0.2) is 58.1 Å². The number of alkyl halides is 3. The van der Waals surface area contributed by atoms with Gasteiger partial charge in [0.25, 0.3) is 0 Å². The molecule has 0 unspecified atom stereocenters. The summed E-state index contributed by atoms with van der Waals surface area (Å²) in [4.78, 5) is 23.6. The van der Waals surface area contributed by atoms with E-state index in [4.69, 9.17) is 0 Å². The van der Waals surface area contributed by atoms with Crippen molar-refractivity contribution in [2.75, 3.05) is 0 Å². The monoisotopic (exact) mass is 336 g/mol. The van der Waals surface area contributed by atoms with Crippen molar-refractivity contribution in [1.82, 2.24) is 0 Å². The van der Waals surface area contributed by atoms with E-state index in [-0.39, 0.29) is 16.7 Å². The molecule has 3 nitrogen and oxygen atoms in total. The fourth-order valence-electron chi connectivity index (χ4n) is 2.38. The second kappa shape index (κ2) is 5.59. The molecule has 3 aromatic rings. The van der Waals surface area contributed by atoms with Gasteiger partial charge in [-0.15, -0.1) is 13.2 Å². The van der Waals surface area contributed by atoms with Crippen LogP contribution in [0.1, 0.15) is 0 Å². The summed E-state index contributed by atoms with van der Waals surface area (Å²) in [6.45, 7) is 0. The van der Waals surface area contributed by atoms with Crippen molar-refractivity contribution in [3.8, 4) is 28.0 Å². The van der Waals surface area contributed by atoms with Crippen LogP contribution in [0, 0.1) is 5.82 Å². The molecule has 3 rings (SSSR count). The molecule has 0 aliphatic heterocycles. The lowest BCUT2D eigenvalue weighted by molar-refractivity contribution is -0.274. The third-order valence-corrected chi connectivity index (χ3v) is 3.42. The van der Waals surface area contributed by atoms with Crippen LogP contribution in [0.5, 0.6) is 5.75 Å². The first-order valence-electron chi connectivity index (χ1n) is 6.72. The molecule has 0 heterocycles. The predicted octanol–water partition coefficient (Wildman–Crippen LogP) is 3.65. The van der Waals surface area contributed by atoms with Gasteiger partial charge in [-0.2, -0.15) is 0 Å². The van der Waals surface area contributed by atoms with Crippen LogP contribution in [0.25, 0.3) is 22.3 Å². The zero-order valence-corrected chi connectivity index (χ0v) is 11.9. The molecule has 0 radical (unpaired) electrons.